The average molecular weight is 321 g/mol. The Hall–Kier alpha value is -1.27. The molecule has 0 amide bonds. The van der Waals surface area contributed by atoms with Gasteiger partial charge in [-0.2, -0.15) is 4.98 Å². The van der Waals surface area contributed by atoms with Gasteiger partial charge in [0.15, 0.2) is 5.82 Å². The van der Waals surface area contributed by atoms with E-state index in [2.05, 4.69) is 34.4 Å². The molecule has 0 N–H and O–H groups in total. The van der Waals surface area contributed by atoms with Gasteiger partial charge < -0.3 is 9.26 Å². The highest BCUT2D eigenvalue weighted by molar-refractivity contribution is 7.09. The minimum Gasteiger partial charge on any atom is -0.378 e. The first kappa shape index (κ1) is 15.6. The fraction of sp³-hybridized carbons (Fsp3) is 0.688. The van der Waals surface area contributed by atoms with E-state index in [1.165, 1.54) is 0 Å². The SMILES string of the molecule is CCc1nc(Cc2noc(C[C@@H]3CCO[C@H](CC)C3)n2)cs1. The van der Waals surface area contributed by atoms with E-state index >= 15 is 0 Å². The van der Waals surface area contributed by atoms with Gasteiger partial charge in [0, 0.05) is 18.4 Å². The summed E-state index contributed by atoms with van der Waals surface area (Å²) < 4.78 is 11.1. The molecule has 0 aliphatic carbocycles. The minimum absolute atomic E-state index is 0.392. The van der Waals surface area contributed by atoms with Crippen LogP contribution < -0.4 is 0 Å². The fourth-order valence-corrected chi connectivity index (χ4v) is 3.62. The number of ether oxygens (including phenoxy) is 1. The van der Waals surface area contributed by atoms with E-state index in [1.807, 2.05) is 0 Å². The van der Waals surface area contributed by atoms with Crippen LogP contribution in [0.3, 0.4) is 0 Å². The molecule has 1 saturated heterocycles. The van der Waals surface area contributed by atoms with Crippen LogP contribution in [0.15, 0.2) is 9.90 Å². The second-order valence-corrected chi connectivity index (χ2v) is 6.81. The van der Waals surface area contributed by atoms with Gasteiger partial charge in [-0.1, -0.05) is 19.0 Å². The highest BCUT2D eigenvalue weighted by Gasteiger charge is 2.23. The van der Waals surface area contributed by atoms with Crippen molar-refractivity contribution >= 4 is 11.3 Å². The Balaban J connectivity index is 1.56. The van der Waals surface area contributed by atoms with Crippen LogP contribution in [0.25, 0.3) is 0 Å². The first-order chi connectivity index (χ1) is 10.8. The lowest BCUT2D eigenvalue weighted by Crippen LogP contribution is -2.26. The van der Waals surface area contributed by atoms with Gasteiger partial charge in [0.05, 0.1) is 23.2 Å². The summed E-state index contributed by atoms with van der Waals surface area (Å²) in [5.41, 5.74) is 1.03. The maximum atomic E-state index is 5.72. The van der Waals surface area contributed by atoms with E-state index in [9.17, 15) is 0 Å². The fourth-order valence-electron chi connectivity index (χ4n) is 2.88. The standard InChI is InChI=1S/C16H23N3O2S/c1-3-13-7-11(5-6-20-13)8-15-18-14(19-21-15)9-12-10-22-16(4-2)17-12/h10-11,13H,3-9H2,1-2H3/t11-,13-/m1/s1. The number of aromatic nitrogens is 3. The van der Waals surface area contributed by atoms with Gasteiger partial charge in [0.2, 0.25) is 5.89 Å². The van der Waals surface area contributed by atoms with Crippen LogP contribution in [-0.4, -0.2) is 27.8 Å². The third-order valence-corrected chi connectivity index (χ3v) is 5.19. The zero-order valence-electron chi connectivity index (χ0n) is 13.2. The Bertz CT molecular complexity index is 596. The normalized spacial score (nSPS) is 22.1. The smallest absolute Gasteiger partial charge is 0.226 e. The molecule has 3 rings (SSSR count). The van der Waals surface area contributed by atoms with Gasteiger partial charge in [-0.25, -0.2) is 4.98 Å². The molecule has 1 fully saturated rings. The van der Waals surface area contributed by atoms with Crippen molar-refractivity contribution in [3.63, 3.8) is 0 Å². The van der Waals surface area contributed by atoms with Gasteiger partial charge >= 0.3 is 0 Å². The molecule has 2 atom stereocenters. The lowest BCUT2D eigenvalue weighted by molar-refractivity contribution is -0.0115. The third kappa shape index (κ3) is 3.93. The molecule has 0 bridgehead atoms. The molecule has 0 aromatic carbocycles. The van der Waals surface area contributed by atoms with Crippen molar-refractivity contribution in [1.82, 2.24) is 15.1 Å². The second kappa shape index (κ2) is 7.33. The predicted octanol–water partition coefficient (Wildman–Crippen LogP) is 3.43. The summed E-state index contributed by atoms with van der Waals surface area (Å²) in [7, 11) is 0. The number of rotatable bonds is 6. The Labute approximate surface area is 135 Å². The van der Waals surface area contributed by atoms with Gasteiger partial charge in [-0.3, -0.25) is 0 Å². The average Bonchev–Trinajstić information content (AvgIpc) is 3.17. The molecule has 0 spiro atoms. The molecular formula is C16H23N3O2S. The van der Waals surface area contributed by atoms with E-state index in [0.717, 1.165) is 61.1 Å². The lowest BCUT2D eigenvalue weighted by atomic mass is 9.91. The van der Waals surface area contributed by atoms with E-state index in [1.54, 1.807) is 11.3 Å². The summed E-state index contributed by atoms with van der Waals surface area (Å²) in [6, 6.07) is 0. The van der Waals surface area contributed by atoms with E-state index in [4.69, 9.17) is 9.26 Å². The molecule has 6 heteroatoms. The molecule has 120 valence electrons. The van der Waals surface area contributed by atoms with Crippen molar-refractivity contribution in [2.75, 3.05) is 6.61 Å². The van der Waals surface area contributed by atoms with E-state index in [0.29, 0.717) is 18.4 Å². The number of hydrogen-bond acceptors (Lipinski definition) is 6. The summed E-state index contributed by atoms with van der Waals surface area (Å²) in [4.78, 5) is 9.08. The van der Waals surface area contributed by atoms with Crippen LogP contribution in [0.2, 0.25) is 0 Å². The zero-order chi connectivity index (χ0) is 15.4. The molecule has 1 aliphatic rings. The van der Waals surface area contributed by atoms with Gasteiger partial charge in [-0.15, -0.1) is 11.3 Å². The van der Waals surface area contributed by atoms with Crippen molar-refractivity contribution < 1.29 is 9.26 Å². The first-order valence-corrected chi connectivity index (χ1v) is 9.01. The monoisotopic (exact) mass is 321 g/mol. The largest absolute Gasteiger partial charge is 0.378 e. The second-order valence-electron chi connectivity index (χ2n) is 5.86. The number of nitrogens with zero attached hydrogens (tertiary/aromatic N) is 3. The van der Waals surface area contributed by atoms with E-state index in [-0.39, 0.29) is 0 Å². The molecule has 0 radical (unpaired) electrons. The number of hydrogen-bond donors (Lipinski definition) is 0. The maximum Gasteiger partial charge on any atom is 0.226 e. The first-order valence-electron chi connectivity index (χ1n) is 8.13. The van der Waals surface area contributed by atoms with Crippen LogP contribution in [0, 0.1) is 5.92 Å². The van der Waals surface area contributed by atoms with Gasteiger partial charge in [0.1, 0.15) is 0 Å². The van der Waals surface area contributed by atoms with Crippen LogP contribution >= 0.6 is 11.3 Å². The quantitative estimate of drug-likeness (QED) is 0.816. The van der Waals surface area contributed by atoms with Crippen molar-refractivity contribution in [2.24, 2.45) is 5.92 Å². The third-order valence-electron chi connectivity index (χ3n) is 4.15. The predicted molar refractivity (Wildman–Crippen MR) is 85.1 cm³/mol. The number of thiazole rings is 1. The van der Waals surface area contributed by atoms with Crippen molar-refractivity contribution in [2.45, 2.75) is 58.5 Å². The van der Waals surface area contributed by atoms with E-state index < -0.39 is 0 Å². The molecule has 2 aromatic heterocycles. The Morgan fingerprint density at radius 3 is 3.00 bits per heavy atom. The zero-order valence-corrected chi connectivity index (χ0v) is 14.1. The highest BCUT2D eigenvalue weighted by Crippen LogP contribution is 2.25. The summed E-state index contributed by atoms with van der Waals surface area (Å²) in [6.45, 7) is 5.14. The lowest BCUT2D eigenvalue weighted by Gasteiger charge is -2.27. The molecule has 2 aromatic rings. The molecular weight excluding hydrogens is 298 g/mol. The molecule has 1 aliphatic heterocycles. The van der Waals surface area contributed by atoms with Crippen molar-refractivity contribution in [1.29, 1.82) is 0 Å². The molecule has 5 nitrogen and oxygen atoms in total. The highest BCUT2D eigenvalue weighted by atomic mass is 32.1. The molecule has 0 saturated carbocycles. The summed E-state index contributed by atoms with van der Waals surface area (Å²) >= 11 is 1.70. The van der Waals surface area contributed by atoms with Crippen LogP contribution in [0.4, 0.5) is 0 Å². The summed E-state index contributed by atoms with van der Waals surface area (Å²) in [5.74, 6) is 2.09. The summed E-state index contributed by atoms with van der Waals surface area (Å²) in [6.07, 6.45) is 6.15. The van der Waals surface area contributed by atoms with Crippen LogP contribution in [-0.2, 0) is 24.0 Å². The van der Waals surface area contributed by atoms with Gasteiger partial charge in [-0.05, 0) is 31.6 Å². The van der Waals surface area contributed by atoms with Crippen molar-refractivity contribution in [3.8, 4) is 0 Å². The maximum absolute atomic E-state index is 5.72. The van der Waals surface area contributed by atoms with Crippen LogP contribution in [0.5, 0.6) is 0 Å². The van der Waals surface area contributed by atoms with Gasteiger partial charge in [0.25, 0.3) is 0 Å². The molecule has 0 unspecified atom stereocenters. The van der Waals surface area contributed by atoms with Crippen molar-refractivity contribution in [3.05, 3.63) is 27.8 Å². The topological polar surface area (TPSA) is 61.0 Å². The Morgan fingerprint density at radius 1 is 1.32 bits per heavy atom. The number of aryl methyl sites for hydroxylation is 1. The Morgan fingerprint density at radius 2 is 2.23 bits per heavy atom. The Kier molecular flexibility index (Phi) is 5.20. The summed E-state index contributed by atoms with van der Waals surface area (Å²) in [5, 5.41) is 7.34. The molecule has 3 heterocycles. The minimum atomic E-state index is 0.392. The van der Waals surface area contributed by atoms with Crippen LogP contribution in [0.1, 0.15) is 55.5 Å². The molecule has 22 heavy (non-hydrogen) atoms.